The first-order valence-corrected chi connectivity index (χ1v) is 11.2. The standard InChI is InChI=1S/C25H19ClF2N6O3/c1-13-10-31-18(17-4-5-30-24(33-17)25(2,3)36)8-20(13)34-15(9-29)7-21(22(26)23(34)35)37-12-19-16(28)6-14(27)11-32-19/h4-8,10-11,36H,12H2,1-3H3. The number of hydrogen-bond donors (Lipinski definition) is 1. The van der Waals surface area contributed by atoms with E-state index in [1.54, 1.807) is 32.9 Å². The summed E-state index contributed by atoms with van der Waals surface area (Å²) in [4.78, 5) is 29.7. The van der Waals surface area contributed by atoms with Gasteiger partial charge in [-0.05, 0) is 38.5 Å². The molecule has 0 spiro atoms. The van der Waals surface area contributed by atoms with Crippen LogP contribution >= 0.6 is 11.6 Å². The number of hydrogen-bond acceptors (Lipinski definition) is 8. The van der Waals surface area contributed by atoms with Gasteiger partial charge in [-0.3, -0.25) is 19.3 Å². The van der Waals surface area contributed by atoms with Crippen LogP contribution in [0.5, 0.6) is 5.75 Å². The molecule has 0 unspecified atom stereocenters. The molecule has 0 bridgehead atoms. The lowest BCUT2D eigenvalue weighted by molar-refractivity contribution is 0.0688. The van der Waals surface area contributed by atoms with E-state index in [0.29, 0.717) is 28.7 Å². The summed E-state index contributed by atoms with van der Waals surface area (Å²) in [5, 5.41) is 19.7. The average molecular weight is 525 g/mol. The van der Waals surface area contributed by atoms with Crippen molar-refractivity contribution in [3.63, 3.8) is 0 Å². The van der Waals surface area contributed by atoms with Gasteiger partial charge < -0.3 is 9.84 Å². The molecule has 0 aliphatic rings. The highest BCUT2D eigenvalue weighted by Gasteiger charge is 2.22. The van der Waals surface area contributed by atoms with Gasteiger partial charge in [0, 0.05) is 24.5 Å². The minimum atomic E-state index is -1.29. The summed E-state index contributed by atoms with van der Waals surface area (Å²) in [6.07, 6.45) is 3.81. The normalized spacial score (nSPS) is 11.3. The Morgan fingerprint density at radius 1 is 1.16 bits per heavy atom. The van der Waals surface area contributed by atoms with Crippen LogP contribution in [-0.4, -0.2) is 29.6 Å². The third kappa shape index (κ3) is 5.30. The first-order valence-electron chi connectivity index (χ1n) is 10.8. The van der Waals surface area contributed by atoms with Crippen LogP contribution in [0.15, 0.2) is 47.7 Å². The summed E-state index contributed by atoms with van der Waals surface area (Å²) in [6, 6.07) is 6.98. The van der Waals surface area contributed by atoms with Crippen molar-refractivity contribution >= 4 is 11.6 Å². The van der Waals surface area contributed by atoms with Gasteiger partial charge in [-0.25, -0.2) is 18.7 Å². The van der Waals surface area contributed by atoms with E-state index in [4.69, 9.17) is 16.3 Å². The summed E-state index contributed by atoms with van der Waals surface area (Å²) >= 11 is 6.28. The summed E-state index contributed by atoms with van der Waals surface area (Å²) in [6.45, 7) is 4.34. The van der Waals surface area contributed by atoms with Crippen LogP contribution in [0, 0.1) is 29.9 Å². The molecule has 37 heavy (non-hydrogen) atoms. The van der Waals surface area contributed by atoms with Crippen molar-refractivity contribution in [1.82, 2.24) is 24.5 Å². The van der Waals surface area contributed by atoms with E-state index in [1.807, 2.05) is 6.07 Å². The zero-order valence-electron chi connectivity index (χ0n) is 19.8. The molecule has 0 fully saturated rings. The van der Waals surface area contributed by atoms with Crippen molar-refractivity contribution < 1.29 is 18.6 Å². The Balaban J connectivity index is 1.76. The maximum atomic E-state index is 13.9. The van der Waals surface area contributed by atoms with E-state index < -0.39 is 29.4 Å². The van der Waals surface area contributed by atoms with Crippen LogP contribution in [0.2, 0.25) is 5.02 Å². The molecule has 4 heterocycles. The van der Waals surface area contributed by atoms with Crippen molar-refractivity contribution in [2.24, 2.45) is 0 Å². The molecule has 0 saturated carbocycles. The van der Waals surface area contributed by atoms with Gasteiger partial charge in [0.15, 0.2) is 11.6 Å². The number of nitrogens with zero attached hydrogens (tertiary/aromatic N) is 6. The van der Waals surface area contributed by atoms with Gasteiger partial charge in [-0.1, -0.05) is 11.6 Å². The molecule has 9 nitrogen and oxygen atoms in total. The maximum Gasteiger partial charge on any atom is 0.278 e. The van der Waals surface area contributed by atoms with Gasteiger partial charge in [0.25, 0.3) is 5.56 Å². The van der Waals surface area contributed by atoms with E-state index >= 15 is 0 Å². The Hall–Kier alpha value is -4.27. The third-order valence-electron chi connectivity index (χ3n) is 5.26. The molecule has 0 aliphatic heterocycles. The Morgan fingerprint density at radius 3 is 2.59 bits per heavy atom. The van der Waals surface area contributed by atoms with Crippen LogP contribution in [0.1, 0.15) is 36.6 Å². The van der Waals surface area contributed by atoms with Crippen molar-refractivity contribution in [1.29, 1.82) is 5.26 Å². The maximum absolute atomic E-state index is 13.9. The minimum absolute atomic E-state index is 0.114. The lowest BCUT2D eigenvalue weighted by Crippen LogP contribution is -2.23. The second-order valence-electron chi connectivity index (χ2n) is 8.51. The van der Waals surface area contributed by atoms with Crippen LogP contribution in [-0.2, 0) is 12.2 Å². The smallest absolute Gasteiger partial charge is 0.278 e. The number of aliphatic hydroxyl groups is 1. The van der Waals surface area contributed by atoms with E-state index in [1.165, 1.54) is 18.5 Å². The van der Waals surface area contributed by atoms with E-state index in [2.05, 4.69) is 19.9 Å². The average Bonchev–Trinajstić information content (AvgIpc) is 2.86. The number of ether oxygens (including phenoxy) is 1. The van der Waals surface area contributed by atoms with Crippen molar-refractivity contribution in [2.75, 3.05) is 0 Å². The van der Waals surface area contributed by atoms with Crippen molar-refractivity contribution in [2.45, 2.75) is 33.0 Å². The summed E-state index contributed by atoms with van der Waals surface area (Å²) in [7, 11) is 0. The fourth-order valence-corrected chi connectivity index (χ4v) is 3.57. The van der Waals surface area contributed by atoms with Gasteiger partial charge in [0.05, 0.1) is 23.3 Å². The van der Waals surface area contributed by atoms with E-state index in [0.717, 1.165) is 10.8 Å². The molecule has 0 aliphatic carbocycles. The lowest BCUT2D eigenvalue weighted by Gasteiger charge is -2.17. The first-order chi connectivity index (χ1) is 17.5. The molecular weight excluding hydrogens is 506 g/mol. The van der Waals surface area contributed by atoms with Crippen LogP contribution < -0.4 is 10.3 Å². The third-order valence-corrected chi connectivity index (χ3v) is 5.61. The second-order valence-corrected chi connectivity index (χ2v) is 8.89. The Bertz CT molecular complexity index is 1610. The molecule has 0 amide bonds. The molecule has 4 aromatic heterocycles. The molecule has 0 radical (unpaired) electrons. The second kappa shape index (κ2) is 10.0. The van der Waals surface area contributed by atoms with Gasteiger partial charge in [-0.15, -0.1) is 0 Å². The number of rotatable bonds is 6. The molecule has 12 heteroatoms. The fourth-order valence-electron chi connectivity index (χ4n) is 3.38. The van der Waals surface area contributed by atoms with E-state index in [9.17, 15) is 23.9 Å². The molecule has 1 N–H and O–H groups in total. The molecule has 0 saturated heterocycles. The van der Waals surface area contributed by atoms with Crippen LogP contribution in [0.4, 0.5) is 8.78 Å². The fraction of sp³-hybridized carbons (Fsp3) is 0.200. The number of aryl methyl sites for hydroxylation is 1. The van der Waals surface area contributed by atoms with Gasteiger partial charge in [-0.2, -0.15) is 5.26 Å². The summed E-state index contributed by atoms with van der Waals surface area (Å²) < 4.78 is 33.6. The largest absolute Gasteiger partial charge is 0.485 e. The topological polar surface area (TPSA) is 127 Å². The van der Waals surface area contributed by atoms with Crippen LogP contribution in [0.3, 0.4) is 0 Å². The highest BCUT2D eigenvalue weighted by atomic mass is 35.5. The monoisotopic (exact) mass is 524 g/mol. The zero-order chi connectivity index (χ0) is 26.9. The number of nitriles is 1. The van der Waals surface area contributed by atoms with Gasteiger partial charge >= 0.3 is 0 Å². The molecule has 0 atom stereocenters. The molecule has 4 rings (SSSR count). The van der Waals surface area contributed by atoms with Crippen LogP contribution in [0.25, 0.3) is 17.1 Å². The Labute approximate surface area is 214 Å². The zero-order valence-corrected chi connectivity index (χ0v) is 20.6. The van der Waals surface area contributed by atoms with Crippen molar-refractivity contribution in [3.05, 3.63) is 92.6 Å². The molecular formula is C25H19ClF2N6O3. The quantitative estimate of drug-likeness (QED) is 0.401. The number of pyridine rings is 3. The highest BCUT2D eigenvalue weighted by Crippen LogP contribution is 2.27. The number of halogens is 3. The predicted molar refractivity (Wildman–Crippen MR) is 129 cm³/mol. The minimum Gasteiger partial charge on any atom is -0.485 e. The highest BCUT2D eigenvalue weighted by molar-refractivity contribution is 6.31. The Kier molecular flexibility index (Phi) is 6.98. The SMILES string of the molecule is Cc1cnc(-c2ccnc(C(C)(C)O)n2)cc1-n1c(C#N)cc(OCc2ncc(F)cc2F)c(Cl)c1=O. The Morgan fingerprint density at radius 2 is 1.92 bits per heavy atom. The van der Waals surface area contributed by atoms with Gasteiger partial charge in [0.1, 0.15) is 46.3 Å². The molecule has 4 aromatic rings. The van der Waals surface area contributed by atoms with Crippen molar-refractivity contribution in [3.8, 4) is 28.9 Å². The number of aromatic nitrogens is 5. The van der Waals surface area contributed by atoms with Gasteiger partial charge in [0.2, 0.25) is 0 Å². The molecule has 188 valence electrons. The first kappa shape index (κ1) is 25.8. The lowest BCUT2D eigenvalue weighted by atomic mass is 10.1. The van der Waals surface area contributed by atoms with E-state index in [-0.39, 0.29) is 28.0 Å². The molecule has 0 aromatic carbocycles. The summed E-state index contributed by atoms with van der Waals surface area (Å²) in [5.41, 5.74) is -0.746. The predicted octanol–water partition coefficient (Wildman–Crippen LogP) is 4.00. The summed E-state index contributed by atoms with van der Waals surface area (Å²) in [5.74, 6) is -1.76.